The number of hydrogen-bond donors (Lipinski definition) is 0. The van der Waals surface area contributed by atoms with Crippen LogP contribution in [0, 0.1) is 0 Å². The lowest BCUT2D eigenvalue weighted by molar-refractivity contribution is -0.140. The summed E-state index contributed by atoms with van der Waals surface area (Å²) in [5.74, 6) is -0.410. The third-order valence-electron chi connectivity index (χ3n) is 4.79. The van der Waals surface area contributed by atoms with Gasteiger partial charge in [0.2, 0.25) is 0 Å². The second-order valence-corrected chi connectivity index (χ2v) is 7.74. The fraction of sp³-hybridized carbons (Fsp3) is 0.391. The molecule has 0 aliphatic rings. The van der Waals surface area contributed by atoms with E-state index in [-0.39, 0.29) is 29.8 Å². The number of methoxy groups -OCH3 is 1. The second-order valence-electron chi connectivity index (χ2n) is 7.74. The van der Waals surface area contributed by atoms with Crippen molar-refractivity contribution >= 4 is 11.9 Å². The van der Waals surface area contributed by atoms with Gasteiger partial charge in [0, 0.05) is 12.1 Å². The van der Waals surface area contributed by atoms with Gasteiger partial charge in [-0.2, -0.15) is 0 Å². The molecule has 0 saturated heterocycles. The predicted molar refractivity (Wildman–Crippen MR) is 108 cm³/mol. The Bertz CT molecular complexity index is 760. The molecule has 2 rings (SSSR count). The number of esters is 1. The Morgan fingerprint density at radius 1 is 1.00 bits per heavy atom. The molecule has 0 aromatic heterocycles. The monoisotopic (exact) mass is 367 g/mol. The molecule has 0 spiro atoms. The third-order valence-corrected chi connectivity index (χ3v) is 4.79. The molecule has 0 fully saturated rings. The molecule has 0 aliphatic carbocycles. The van der Waals surface area contributed by atoms with Gasteiger partial charge < -0.3 is 9.64 Å². The predicted octanol–water partition coefficient (Wildman–Crippen LogP) is 4.75. The normalized spacial score (nSPS) is 12.3. The molecule has 1 atom stereocenters. The Morgan fingerprint density at radius 3 is 2.11 bits per heavy atom. The molecule has 0 saturated carbocycles. The van der Waals surface area contributed by atoms with Crippen LogP contribution in [0.2, 0.25) is 0 Å². The molecule has 1 amide bonds. The molecule has 0 aliphatic heterocycles. The molecule has 4 nitrogen and oxygen atoms in total. The van der Waals surface area contributed by atoms with Crippen molar-refractivity contribution in [1.29, 1.82) is 0 Å². The summed E-state index contributed by atoms with van der Waals surface area (Å²) in [5, 5.41) is 0. The lowest BCUT2D eigenvalue weighted by Gasteiger charge is -2.30. The number of benzene rings is 2. The Kier molecular flexibility index (Phi) is 6.78. The summed E-state index contributed by atoms with van der Waals surface area (Å²) in [7, 11) is 1.36. The minimum atomic E-state index is -0.323. The van der Waals surface area contributed by atoms with E-state index < -0.39 is 0 Å². The van der Waals surface area contributed by atoms with Gasteiger partial charge in [0.1, 0.15) is 0 Å². The number of carbonyl (C=O) groups excluding carboxylic acids is 2. The summed E-state index contributed by atoms with van der Waals surface area (Å²) in [6.45, 7) is 8.72. The maximum atomic E-state index is 13.2. The molecular weight excluding hydrogens is 338 g/mol. The van der Waals surface area contributed by atoms with E-state index in [1.165, 1.54) is 12.7 Å². The number of hydrogen-bond acceptors (Lipinski definition) is 3. The van der Waals surface area contributed by atoms with Crippen molar-refractivity contribution in [3.63, 3.8) is 0 Å². The van der Waals surface area contributed by atoms with Gasteiger partial charge in [0.25, 0.3) is 5.91 Å². The minimum absolute atomic E-state index is 0.0312. The first-order valence-electron chi connectivity index (χ1n) is 9.27. The van der Waals surface area contributed by atoms with Crippen LogP contribution in [-0.2, 0) is 14.9 Å². The van der Waals surface area contributed by atoms with E-state index in [4.69, 9.17) is 4.74 Å². The van der Waals surface area contributed by atoms with Crippen LogP contribution < -0.4 is 0 Å². The first-order chi connectivity index (χ1) is 12.7. The summed E-state index contributed by atoms with van der Waals surface area (Å²) in [6.07, 6.45) is 0.166. The van der Waals surface area contributed by atoms with Crippen LogP contribution in [0.3, 0.4) is 0 Å². The average molecular weight is 367 g/mol. The smallest absolute Gasteiger partial charge is 0.307 e. The topological polar surface area (TPSA) is 46.6 Å². The van der Waals surface area contributed by atoms with E-state index in [9.17, 15) is 9.59 Å². The lowest BCUT2D eigenvalue weighted by Crippen LogP contribution is -2.35. The molecular formula is C23H29NO3. The number of ether oxygens (including phenoxy) is 1. The van der Waals surface area contributed by atoms with Crippen LogP contribution in [0.1, 0.15) is 61.6 Å². The zero-order chi connectivity index (χ0) is 20.0. The highest BCUT2D eigenvalue weighted by Crippen LogP contribution is 2.25. The summed E-state index contributed by atoms with van der Waals surface area (Å²) < 4.78 is 4.75. The van der Waals surface area contributed by atoms with Crippen LogP contribution >= 0.6 is 0 Å². The maximum Gasteiger partial charge on any atom is 0.307 e. The van der Waals surface area contributed by atoms with Crippen molar-refractivity contribution in [3.05, 3.63) is 71.3 Å². The van der Waals surface area contributed by atoms with Crippen LogP contribution in [0.4, 0.5) is 0 Å². The van der Waals surface area contributed by atoms with Gasteiger partial charge >= 0.3 is 5.97 Å². The fourth-order valence-electron chi connectivity index (χ4n) is 2.98. The van der Waals surface area contributed by atoms with Crippen molar-refractivity contribution in [2.45, 2.75) is 45.6 Å². The molecule has 2 aromatic carbocycles. The Labute approximate surface area is 162 Å². The number of rotatable bonds is 6. The van der Waals surface area contributed by atoms with Gasteiger partial charge in [-0.25, -0.2) is 0 Å². The third kappa shape index (κ3) is 5.43. The van der Waals surface area contributed by atoms with Crippen molar-refractivity contribution in [3.8, 4) is 0 Å². The molecule has 0 bridgehead atoms. The lowest BCUT2D eigenvalue weighted by atomic mass is 9.86. The maximum absolute atomic E-state index is 13.2. The van der Waals surface area contributed by atoms with Crippen molar-refractivity contribution in [2.24, 2.45) is 0 Å². The fourth-order valence-corrected chi connectivity index (χ4v) is 2.98. The second kappa shape index (κ2) is 8.85. The zero-order valence-corrected chi connectivity index (χ0v) is 16.9. The van der Waals surface area contributed by atoms with E-state index in [2.05, 4.69) is 20.8 Å². The first-order valence-corrected chi connectivity index (χ1v) is 9.27. The zero-order valence-electron chi connectivity index (χ0n) is 16.9. The van der Waals surface area contributed by atoms with Crippen LogP contribution in [0.5, 0.6) is 0 Å². The van der Waals surface area contributed by atoms with E-state index in [0.717, 1.165) is 5.56 Å². The quantitative estimate of drug-likeness (QED) is 0.692. The number of amides is 1. The summed E-state index contributed by atoms with van der Waals surface area (Å²) in [6, 6.07) is 17.4. The number of carbonyl (C=O) groups is 2. The number of nitrogens with zero attached hydrogens (tertiary/aromatic N) is 1. The van der Waals surface area contributed by atoms with Crippen LogP contribution in [0.25, 0.3) is 0 Å². The highest BCUT2D eigenvalue weighted by molar-refractivity contribution is 5.94. The van der Waals surface area contributed by atoms with E-state index in [0.29, 0.717) is 12.1 Å². The largest absolute Gasteiger partial charge is 0.469 e. The van der Waals surface area contributed by atoms with E-state index in [1.807, 2.05) is 61.5 Å². The van der Waals surface area contributed by atoms with E-state index in [1.54, 1.807) is 4.90 Å². The molecule has 27 heavy (non-hydrogen) atoms. The minimum Gasteiger partial charge on any atom is -0.469 e. The summed E-state index contributed by atoms with van der Waals surface area (Å²) >= 11 is 0. The highest BCUT2D eigenvalue weighted by Gasteiger charge is 2.24. The molecule has 0 radical (unpaired) electrons. The van der Waals surface area contributed by atoms with E-state index >= 15 is 0 Å². The summed E-state index contributed by atoms with van der Waals surface area (Å²) in [4.78, 5) is 26.6. The average Bonchev–Trinajstić information content (AvgIpc) is 2.67. The standard InChI is InChI=1S/C23H29NO3/c1-17(18-9-7-6-8-10-18)24(16-15-21(25)27-5)22(26)19-11-13-20(14-12-19)23(2,3)4/h6-14,17H,15-16H2,1-5H3. The van der Waals surface area contributed by atoms with Crippen LogP contribution in [0.15, 0.2) is 54.6 Å². The van der Waals surface area contributed by atoms with Crippen molar-refractivity contribution in [1.82, 2.24) is 4.90 Å². The van der Waals surface area contributed by atoms with Crippen LogP contribution in [-0.4, -0.2) is 30.4 Å². The molecule has 4 heteroatoms. The molecule has 0 N–H and O–H groups in total. The summed E-state index contributed by atoms with van der Waals surface area (Å²) in [5.41, 5.74) is 2.86. The Balaban J connectivity index is 2.28. The molecule has 2 aromatic rings. The van der Waals surface area contributed by atoms with Gasteiger partial charge in [-0.15, -0.1) is 0 Å². The molecule has 1 unspecified atom stereocenters. The van der Waals surface area contributed by atoms with Gasteiger partial charge in [-0.1, -0.05) is 63.2 Å². The Morgan fingerprint density at radius 2 is 1.59 bits per heavy atom. The van der Waals surface area contributed by atoms with Gasteiger partial charge in [-0.3, -0.25) is 9.59 Å². The first kappa shape index (κ1) is 20.7. The van der Waals surface area contributed by atoms with Gasteiger partial charge in [0.05, 0.1) is 19.6 Å². The van der Waals surface area contributed by atoms with Gasteiger partial charge in [-0.05, 0) is 35.6 Å². The van der Waals surface area contributed by atoms with Crippen molar-refractivity contribution < 1.29 is 14.3 Å². The van der Waals surface area contributed by atoms with Crippen molar-refractivity contribution in [2.75, 3.05) is 13.7 Å². The molecule has 0 heterocycles. The SMILES string of the molecule is COC(=O)CCN(C(=O)c1ccc(C(C)(C)C)cc1)C(C)c1ccccc1. The van der Waals surface area contributed by atoms with Gasteiger partial charge in [0.15, 0.2) is 0 Å². The highest BCUT2D eigenvalue weighted by atomic mass is 16.5. The molecule has 144 valence electrons. The Hall–Kier alpha value is -2.62.